The molecule has 37 heavy (non-hydrogen) atoms. The van der Waals surface area contributed by atoms with E-state index in [2.05, 4.69) is 46.1 Å². The summed E-state index contributed by atoms with van der Waals surface area (Å²) in [6.07, 6.45) is 7.95. The van der Waals surface area contributed by atoms with Gasteiger partial charge in [0.25, 0.3) is 5.91 Å². The molecule has 2 aliphatic rings. The molecule has 0 radical (unpaired) electrons. The molecule has 1 aromatic carbocycles. The average molecular weight is 500 g/mol. The molecule has 4 heterocycles. The molecule has 7 nitrogen and oxygen atoms in total. The number of nitrogens with one attached hydrogen (secondary N) is 1. The molecule has 2 saturated heterocycles. The van der Waals surface area contributed by atoms with Crippen molar-refractivity contribution < 1.29 is 9.53 Å². The number of carbonyl (C=O) groups excluding carboxylic acids is 1. The highest BCUT2D eigenvalue weighted by molar-refractivity contribution is 5.97. The monoisotopic (exact) mass is 499 g/mol. The maximum Gasteiger partial charge on any atom is 0.251 e. The Bertz CT molecular complexity index is 1180. The predicted octanol–water partition coefficient (Wildman–Crippen LogP) is 4.46. The smallest absolute Gasteiger partial charge is 0.251 e. The molecule has 194 valence electrons. The lowest BCUT2D eigenvalue weighted by atomic mass is 9.96. The summed E-state index contributed by atoms with van der Waals surface area (Å²) >= 11 is 0. The lowest BCUT2D eigenvalue weighted by Crippen LogP contribution is -2.45. The molecule has 3 aromatic rings. The second-order valence-corrected chi connectivity index (χ2v) is 10.4. The first-order valence-electron chi connectivity index (χ1n) is 13.3. The third-order valence-corrected chi connectivity index (χ3v) is 7.43. The zero-order chi connectivity index (χ0) is 25.8. The molecular weight excluding hydrogens is 462 g/mol. The topological polar surface area (TPSA) is 70.6 Å². The van der Waals surface area contributed by atoms with E-state index in [1.807, 2.05) is 49.6 Å². The van der Waals surface area contributed by atoms with Crippen LogP contribution in [0.25, 0.3) is 11.1 Å². The molecule has 2 atom stereocenters. The van der Waals surface area contributed by atoms with Gasteiger partial charge in [-0.3, -0.25) is 14.7 Å². The molecule has 1 N–H and O–H groups in total. The molecule has 2 aliphatic heterocycles. The normalized spacial score (nSPS) is 21.1. The van der Waals surface area contributed by atoms with E-state index in [0.29, 0.717) is 0 Å². The number of amides is 1. The number of aromatic nitrogens is 2. The Hall–Kier alpha value is -3.29. The van der Waals surface area contributed by atoms with E-state index >= 15 is 0 Å². The summed E-state index contributed by atoms with van der Waals surface area (Å²) in [5, 5.41) is 3.28. The number of ether oxygens (including phenoxy) is 1. The second kappa shape index (κ2) is 11.4. The number of hydrogen-bond donors (Lipinski definition) is 1. The first kappa shape index (κ1) is 25.4. The van der Waals surface area contributed by atoms with E-state index in [1.54, 1.807) is 6.20 Å². The Morgan fingerprint density at radius 2 is 1.81 bits per heavy atom. The molecule has 0 spiro atoms. The Balaban J connectivity index is 1.13. The third kappa shape index (κ3) is 6.17. The van der Waals surface area contributed by atoms with Gasteiger partial charge in [-0.2, -0.15) is 0 Å². The molecular formula is C30H37N5O2. The summed E-state index contributed by atoms with van der Waals surface area (Å²) in [4.78, 5) is 26.9. The van der Waals surface area contributed by atoms with Crippen LogP contribution in [0.1, 0.15) is 48.2 Å². The quantitative estimate of drug-likeness (QED) is 0.540. The highest BCUT2D eigenvalue weighted by Crippen LogP contribution is 2.25. The van der Waals surface area contributed by atoms with Crippen LogP contribution in [-0.4, -0.2) is 65.2 Å². The summed E-state index contributed by atoms with van der Waals surface area (Å²) in [6.45, 7) is 10.8. The SMILES string of the molecule is Cc1c(C(=O)NC2CCN(Cc3ccc(N4CC(C)OC(C)C4)nc3)CC2)cccc1-c1cccnc1. The molecule has 5 rings (SSSR count). The van der Waals surface area contributed by atoms with Crippen molar-refractivity contribution in [2.24, 2.45) is 0 Å². The van der Waals surface area contributed by atoms with Crippen molar-refractivity contribution in [2.75, 3.05) is 31.1 Å². The van der Waals surface area contributed by atoms with Crippen LogP contribution in [0.15, 0.2) is 61.1 Å². The standard InChI is InChI=1S/C30H37N5O2/c1-21-18-35(19-22(2)37-21)29-10-9-24(16-32-29)20-34-14-11-26(12-15-34)33-30(36)28-8-4-7-27(23(28)3)25-6-5-13-31-17-25/h4-10,13,16-17,21-22,26H,11-12,14-15,18-20H2,1-3H3,(H,33,36). The van der Waals surface area contributed by atoms with Crippen LogP contribution >= 0.6 is 0 Å². The van der Waals surface area contributed by atoms with Crippen LogP contribution in [0.2, 0.25) is 0 Å². The van der Waals surface area contributed by atoms with Gasteiger partial charge in [-0.05, 0) is 68.5 Å². The van der Waals surface area contributed by atoms with E-state index in [4.69, 9.17) is 9.72 Å². The Kier molecular flexibility index (Phi) is 7.82. The predicted molar refractivity (Wildman–Crippen MR) is 147 cm³/mol. The Morgan fingerprint density at radius 3 is 2.49 bits per heavy atom. The minimum absolute atomic E-state index is 0.00762. The van der Waals surface area contributed by atoms with Crippen LogP contribution < -0.4 is 10.2 Å². The number of anilines is 1. The summed E-state index contributed by atoms with van der Waals surface area (Å²) in [6, 6.07) is 14.4. The fourth-order valence-corrected chi connectivity index (χ4v) is 5.54. The number of morpholine rings is 1. The number of hydrogen-bond acceptors (Lipinski definition) is 6. The lowest BCUT2D eigenvalue weighted by molar-refractivity contribution is -0.00546. The van der Waals surface area contributed by atoms with Gasteiger partial charge in [0.05, 0.1) is 12.2 Å². The summed E-state index contributed by atoms with van der Waals surface area (Å²) in [5.74, 6) is 1.03. The number of likely N-dealkylation sites (tertiary alicyclic amines) is 1. The minimum atomic E-state index is 0.00762. The van der Waals surface area contributed by atoms with Gasteiger partial charge in [0.1, 0.15) is 5.82 Å². The maximum atomic E-state index is 13.1. The van der Waals surface area contributed by atoms with Crippen LogP contribution in [0.4, 0.5) is 5.82 Å². The minimum Gasteiger partial charge on any atom is -0.372 e. The number of piperidine rings is 1. The van der Waals surface area contributed by atoms with Crippen molar-refractivity contribution >= 4 is 11.7 Å². The van der Waals surface area contributed by atoms with Crippen molar-refractivity contribution in [3.05, 3.63) is 77.7 Å². The van der Waals surface area contributed by atoms with Crippen molar-refractivity contribution in [2.45, 2.75) is 58.4 Å². The van der Waals surface area contributed by atoms with Crippen LogP contribution in [0.5, 0.6) is 0 Å². The second-order valence-electron chi connectivity index (χ2n) is 10.4. The maximum absolute atomic E-state index is 13.1. The van der Waals surface area contributed by atoms with E-state index in [0.717, 1.165) is 73.6 Å². The number of pyridine rings is 2. The summed E-state index contributed by atoms with van der Waals surface area (Å²) < 4.78 is 5.84. The zero-order valence-corrected chi connectivity index (χ0v) is 22.1. The zero-order valence-electron chi connectivity index (χ0n) is 22.1. The largest absolute Gasteiger partial charge is 0.372 e. The first-order valence-corrected chi connectivity index (χ1v) is 13.3. The Labute approximate surface area is 219 Å². The van der Waals surface area contributed by atoms with Gasteiger partial charge in [0, 0.05) is 68.5 Å². The van der Waals surface area contributed by atoms with Crippen molar-refractivity contribution in [1.82, 2.24) is 20.2 Å². The highest BCUT2D eigenvalue weighted by Gasteiger charge is 2.24. The van der Waals surface area contributed by atoms with Gasteiger partial charge in [-0.25, -0.2) is 4.98 Å². The molecule has 2 fully saturated rings. The van der Waals surface area contributed by atoms with Gasteiger partial charge in [0.2, 0.25) is 0 Å². The van der Waals surface area contributed by atoms with Crippen LogP contribution in [0.3, 0.4) is 0 Å². The summed E-state index contributed by atoms with van der Waals surface area (Å²) in [7, 11) is 0. The fourth-order valence-electron chi connectivity index (χ4n) is 5.54. The molecule has 2 aromatic heterocycles. The molecule has 0 saturated carbocycles. The molecule has 1 amide bonds. The van der Waals surface area contributed by atoms with E-state index in [-0.39, 0.29) is 24.2 Å². The fraction of sp³-hybridized carbons (Fsp3) is 0.433. The highest BCUT2D eigenvalue weighted by atomic mass is 16.5. The van der Waals surface area contributed by atoms with E-state index in [9.17, 15) is 4.79 Å². The molecule has 0 bridgehead atoms. The van der Waals surface area contributed by atoms with Gasteiger partial charge in [0.15, 0.2) is 0 Å². The van der Waals surface area contributed by atoms with Crippen LogP contribution in [-0.2, 0) is 11.3 Å². The number of benzene rings is 1. The van der Waals surface area contributed by atoms with Crippen molar-refractivity contribution in [1.29, 1.82) is 0 Å². The average Bonchev–Trinajstić information content (AvgIpc) is 2.90. The van der Waals surface area contributed by atoms with Gasteiger partial charge < -0.3 is 15.0 Å². The third-order valence-electron chi connectivity index (χ3n) is 7.43. The lowest BCUT2D eigenvalue weighted by Gasteiger charge is -2.36. The van der Waals surface area contributed by atoms with E-state index in [1.165, 1.54) is 5.56 Å². The van der Waals surface area contributed by atoms with Gasteiger partial charge in [-0.15, -0.1) is 0 Å². The summed E-state index contributed by atoms with van der Waals surface area (Å²) in [5.41, 5.74) is 5.03. The number of rotatable bonds is 6. The van der Waals surface area contributed by atoms with E-state index < -0.39 is 0 Å². The molecule has 2 unspecified atom stereocenters. The van der Waals surface area contributed by atoms with Gasteiger partial charge in [-0.1, -0.05) is 24.3 Å². The van der Waals surface area contributed by atoms with Gasteiger partial charge >= 0.3 is 0 Å². The van der Waals surface area contributed by atoms with Crippen LogP contribution in [0, 0.1) is 6.92 Å². The molecule has 7 heteroatoms. The number of carbonyl (C=O) groups is 1. The van der Waals surface area contributed by atoms with Crippen molar-refractivity contribution in [3.63, 3.8) is 0 Å². The van der Waals surface area contributed by atoms with Crippen molar-refractivity contribution in [3.8, 4) is 11.1 Å². The molecule has 0 aliphatic carbocycles. The number of nitrogens with zero attached hydrogens (tertiary/aromatic N) is 4. The Morgan fingerprint density at radius 1 is 1.03 bits per heavy atom. The first-order chi connectivity index (χ1) is 18.0.